The number of aromatic nitrogens is 2. The minimum absolute atomic E-state index is 0.0300. The number of rotatable bonds is 5. The van der Waals surface area contributed by atoms with Gasteiger partial charge in [0.1, 0.15) is 6.10 Å². The average molecular weight is 439 g/mol. The Bertz CT molecular complexity index is 1060. The number of fused-ring (bicyclic) bond motifs is 3. The molecule has 1 saturated heterocycles. The van der Waals surface area contributed by atoms with Crippen LogP contribution in [0.15, 0.2) is 24.4 Å². The molecule has 4 rings (SSSR count). The fourth-order valence-electron chi connectivity index (χ4n) is 4.18. The highest BCUT2D eigenvalue weighted by molar-refractivity contribution is 5.91. The SMILES string of the molecule is CC(C)C(=O)NC[C@H]1CN(c2ccc3c(c2)CCCc2cnn(C(=O)C(C)C)c2-3)C(=O)O1. The molecule has 1 aromatic carbocycles. The zero-order valence-corrected chi connectivity index (χ0v) is 19.1. The van der Waals surface area contributed by atoms with Crippen LogP contribution in [-0.4, -0.2) is 46.9 Å². The van der Waals surface area contributed by atoms with Crippen molar-refractivity contribution in [3.63, 3.8) is 0 Å². The highest BCUT2D eigenvalue weighted by atomic mass is 16.6. The number of carbonyl (C=O) groups excluding carboxylic acids is 3. The lowest BCUT2D eigenvalue weighted by molar-refractivity contribution is -0.124. The Morgan fingerprint density at radius 2 is 1.91 bits per heavy atom. The highest BCUT2D eigenvalue weighted by Crippen LogP contribution is 2.36. The molecule has 2 heterocycles. The zero-order valence-electron chi connectivity index (χ0n) is 19.1. The lowest BCUT2D eigenvalue weighted by Gasteiger charge is -2.17. The van der Waals surface area contributed by atoms with Gasteiger partial charge >= 0.3 is 6.09 Å². The maximum Gasteiger partial charge on any atom is 0.414 e. The van der Waals surface area contributed by atoms with Crippen LogP contribution in [0.1, 0.15) is 50.0 Å². The summed E-state index contributed by atoms with van der Waals surface area (Å²) in [7, 11) is 0. The van der Waals surface area contributed by atoms with Crippen molar-refractivity contribution in [3.8, 4) is 11.3 Å². The molecule has 2 amide bonds. The number of hydrogen-bond donors (Lipinski definition) is 1. The first-order valence-electron chi connectivity index (χ1n) is 11.3. The second kappa shape index (κ2) is 8.76. The van der Waals surface area contributed by atoms with Crippen LogP contribution in [-0.2, 0) is 22.4 Å². The van der Waals surface area contributed by atoms with Crippen molar-refractivity contribution in [2.45, 2.75) is 53.1 Å². The number of hydrogen-bond acceptors (Lipinski definition) is 5. The van der Waals surface area contributed by atoms with Crippen LogP contribution < -0.4 is 10.2 Å². The number of nitrogens with one attached hydrogen (secondary N) is 1. The van der Waals surface area contributed by atoms with Gasteiger partial charge < -0.3 is 10.1 Å². The molecule has 0 unspecified atom stereocenters. The van der Waals surface area contributed by atoms with E-state index in [2.05, 4.69) is 10.4 Å². The van der Waals surface area contributed by atoms with Crippen molar-refractivity contribution in [2.75, 3.05) is 18.0 Å². The van der Waals surface area contributed by atoms with Gasteiger partial charge in [-0.25, -0.2) is 4.79 Å². The van der Waals surface area contributed by atoms with E-state index in [-0.39, 0.29) is 29.8 Å². The van der Waals surface area contributed by atoms with Gasteiger partial charge in [0.25, 0.3) is 0 Å². The molecule has 2 aromatic rings. The van der Waals surface area contributed by atoms with E-state index in [9.17, 15) is 14.4 Å². The van der Waals surface area contributed by atoms with E-state index in [1.807, 2.05) is 45.9 Å². The monoisotopic (exact) mass is 438 g/mol. The summed E-state index contributed by atoms with van der Waals surface area (Å²) in [4.78, 5) is 38.6. The molecule has 0 bridgehead atoms. The van der Waals surface area contributed by atoms with Gasteiger partial charge in [0, 0.05) is 23.1 Å². The lowest BCUT2D eigenvalue weighted by atomic mass is 10.0. The summed E-state index contributed by atoms with van der Waals surface area (Å²) < 4.78 is 6.99. The van der Waals surface area contributed by atoms with Gasteiger partial charge in [-0.1, -0.05) is 33.8 Å². The summed E-state index contributed by atoms with van der Waals surface area (Å²) in [6, 6.07) is 5.88. The number of amides is 2. The number of anilines is 1. The van der Waals surface area contributed by atoms with Crippen molar-refractivity contribution in [2.24, 2.45) is 11.8 Å². The summed E-state index contributed by atoms with van der Waals surface area (Å²) in [5.74, 6) is -0.364. The molecule has 0 saturated carbocycles. The normalized spacial score (nSPS) is 17.8. The van der Waals surface area contributed by atoms with Crippen LogP contribution in [0.25, 0.3) is 11.3 Å². The van der Waals surface area contributed by atoms with Gasteiger partial charge in [-0.15, -0.1) is 0 Å². The summed E-state index contributed by atoms with van der Waals surface area (Å²) in [5.41, 5.74) is 4.77. The molecule has 0 radical (unpaired) electrons. The first-order chi connectivity index (χ1) is 15.3. The number of carbonyl (C=O) groups is 3. The number of cyclic esters (lactones) is 1. The summed E-state index contributed by atoms with van der Waals surface area (Å²) >= 11 is 0. The summed E-state index contributed by atoms with van der Waals surface area (Å²) in [5, 5.41) is 7.20. The lowest BCUT2D eigenvalue weighted by Crippen LogP contribution is -2.36. The Balaban J connectivity index is 1.58. The van der Waals surface area contributed by atoms with E-state index >= 15 is 0 Å². The average Bonchev–Trinajstić information content (AvgIpc) is 3.29. The number of aryl methyl sites for hydroxylation is 2. The van der Waals surface area contributed by atoms with Crippen LogP contribution >= 0.6 is 0 Å². The second-order valence-corrected chi connectivity index (χ2v) is 9.13. The maximum absolute atomic E-state index is 12.7. The molecule has 170 valence electrons. The zero-order chi connectivity index (χ0) is 23.0. The highest BCUT2D eigenvalue weighted by Gasteiger charge is 2.33. The predicted molar refractivity (Wildman–Crippen MR) is 121 cm³/mol. The van der Waals surface area contributed by atoms with Gasteiger partial charge in [0.2, 0.25) is 11.8 Å². The molecule has 1 atom stereocenters. The Kier molecular flexibility index (Phi) is 6.04. The van der Waals surface area contributed by atoms with Crippen LogP contribution in [0.3, 0.4) is 0 Å². The Hall–Kier alpha value is -3.16. The molecule has 1 N–H and O–H groups in total. The fourth-order valence-corrected chi connectivity index (χ4v) is 4.18. The number of ether oxygens (including phenoxy) is 1. The van der Waals surface area contributed by atoms with Gasteiger partial charge in [0.15, 0.2) is 0 Å². The van der Waals surface area contributed by atoms with Gasteiger partial charge in [-0.3, -0.25) is 14.5 Å². The minimum Gasteiger partial charge on any atom is -0.442 e. The number of nitrogens with zero attached hydrogens (tertiary/aromatic N) is 3. The van der Waals surface area contributed by atoms with Crippen LogP contribution in [0, 0.1) is 11.8 Å². The largest absolute Gasteiger partial charge is 0.442 e. The molecular formula is C24H30N4O4. The Morgan fingerprint density at radius 1 is 1.16 bits per heavy atom. The fraction of sp³-hybridized carbons (Fsp3) is 0.500. The third-order valence-corrected chi connectivity index (χ3v) is 6.00. The summed E-state index contributed by atoms with van der Waals surface area (Å²) in [6.07, 6.45) is 3.65. The minimum atomic E-state index is -0.414. The van der Waals surface area contributed by atoms with E-state index in [0.717, 1.165) is 47.3 Å². The molecule has 1 aliphatic carbocycles. The quantitative estimate of drug-likeness (QED) is 0.772. The van der Waals surface area contributed by atoms with E-state index in [0.29, 0.717) is 13.1 Å². The maximum atomic E-state index is 12.7. The van der Waals surface area contributed by atoms with Crippen LogP contribution in [0.5, 0.6) is 0 Å². The van der Waals surface area contributed by atoms with Crippen molar-refractivity contribution in [1.29, 1.82) is 0 Å². The molecule has 1 aliphatic heterocycles. The van der Waals surface area contributed by atoms with E-state index in [4.69, 9.17) is 4.74 Å². The van der Waals surface area contributed by atoms with Crippen molar-refractivity contribution in [3.05, 3.63) is 35.5 Å². The third kappa shape index (κ3) is 4.13. The van der Waals surface area contributed by atoms with Crippen molar-refractivity contribution < 1.29 is 19.1 Å². The Morgan fingerprint density at radius 3 is 2.62 bits per heavy atom. The first kappa shape index (κ1) is 22.0. The van der Waals surface area contributed by atoms with Gasteiger partial charge in [-0.2, -0.15) is 9.78 Å². The molecule has 8 nitrogen and oxygen atoms in total. The number of benzene rings is 1. The molecular weight excluding hydrogens is 408 g/mol. The van der Waals surface area contributed by atoms with Crippen molar-refractivity contribution >= 4 is 23.6 Å². The van der Waals surface area contributed by atoms with Crippen molar-refractivity contribution in [1.82, 2.24) is 15.1 Å². The molecule has 32 heavy (non-hydrogen) atoms. The van der Waals surface area contributed by atoms with E-state index in [1.54, 1.807) is 11.1 Å². The smallest absolute Gasteiger partial charge is 0.414 e. The van der Waals surface area contributed by atoms with Gasteiger partial charge in [0.05, 0.1) is 25.0 Å². The standard InChI is InChI=1S/C24H30N4O4/c1-14(2)22(29)25-12-19-13-27(24(31)32-19)18-8-9-20-16(10-18)6-5-7-17-11-26-28(21(17)20)23(30)15(3)4/h8-11,14-15,19H,5-7,12-13H2,1-4H3,(H,25,29)/t19-/m0/s1. The molecule has 0 spiro atoms. The first-order valence-corrected chi connectivity index (χ1v) is 11.3. The van der Waals surface area contributed by atoms with Gasteiger partial charge in [-0.05, 0) is 42.5 Å². The van der Waals surface area contributed by atoms with Crippen LogP contribution in [0.2, 0.25) is 0 Å². The molecule has 2 aliphatic rings. The third-order valence-electron chi connectivity index (χ3n) is 6.00. The van der Waals surface area contributed by atoms with Crippen LogP contribution in [0.4, 0.5) is 10.5 Å². The molecule has 1 aromatic heterocycles. The molecule has 1 fully saturated rings. The summed E-state index contributed by atoms with van der Waals surface area (Å²) in [6.45, 7) is 8.06. The molecule has 8 heteroatoms. The van der Waals surface area contributed by atoms with E-state index < -0.39 is 6.09 Å². The van der Waals surface area contributed by atoms with E-state index in [1.165, 1.54) is 4.68 Å². The predicted octanol–water partition coefficient (Wildman–Crippen LogP) is 3.43. The topological polar surface area (TPSA) is 93.5 Å². The second-order valence-electron chi connectivity index (χ2n) is 9.13. The Labute approximate surface area is 187 Å².